The molecule has 1 aromatic rings. The molecule has 1 atom stereocenters. The molecular formula is C18H30O3S. The van der Waals surface area contributed by atoms with Gasteiger partial charge in [-0.05, 0) is 36.5 Å². The Morgan fingerprint density at radius 2 is 1.41 bits per heavy atom. The highest BCUT2D eigenvalue weighted by atomic mass is 32.2. The Morgan fingerprint density at radius 1 is 0.864 bits per heavy atom. The molecule has 0 radical (unpaired) electrons. The summed E-state index contributed by atoms with van der Waals surface area (Å²) in [4.78, 5) is -0.0200. The predicted octanol–water partition coefficient (Wildman–Crippen LogP) is 5.57. The van der Waals surface area contributed by atoms with Crippen LogP contribution < -0.4 is 0 Å². The van der Waals surface area contributed by atoms with Crippen molar-refractivity contribution in [3.8, 4) is 0 Å². The third-order valence-corrected chi connectivity index (χ3v) is 5.08. The van der Waals surface area contributed by atoms with Crippen molar-refractivity contribution in [1.29, 1.82) is 0 Å². The minimum absolute atomic E-state index is 0.0200. The first-order chi connectivity index (χ1) is 10.5. The van der Waals surface area contributed by atoms with Crippen LogP contribution in [0.3, 0.4) is 0 Å². The van der Waals surface area contributed by atoms with Crippen LogP contribution in [-0.4, -0.2) is 13.0 Å². The fourth-order valence-electron chi connectivity index (χ4n) is 2.83. The normalized spacial score (nSPS) is 13.2. The first kappa shape index (κ1) is 19.2. The van der Waals surface area contributed by atoms with Gasteiger partial charge in [0.2, 0.25) is 0 Å². The average molecular weight is 327 g/mol. The summed E-state index contributed by atoms with van der Waals surface area (Å²) in [6.07, 6.45) is 11.1. The molecule has 0 amide bonds. The lowest BCUT2D eigenvalue weighted by Crippen LogP contribution is -2.02. The van der Waals surface area contributed by atoms with Gasteiger partial charge in [0.1, 0.15) is 0 Å². The van der Waals surface area contributed by atoms with Gasteiger partial charge in [-0.15, -0.1) is 0 Å². The maximum atomic E-state index is 11.1. The van der Waals surface area contributed by atoms with Crippen molar-refractivity contribution in [2.45, 2.75) is 82.4 Å². The van der Waals surface area contributed by atoms with Crippen LogP contribution in [0.4, 0.5) is 0 Å². The summed E-state index contributed by atoms with van der Waals surface area (Å²) < 4.78 is 31.3. The Balaban J connectivity index is 2.66. The summed E-state index contributed by atoms with van der Waals surface area (Å²) >= 11 is 0. The number of unbranched alkanes of at least 4 members (excludes halogenated alkanes) is 5. The zero-order valence-corrected chi connectivity index (χ0v) is 14.7. The number of hydrogen-bond acceptors (Lipinski definition) is 2. The molecule has 0 spiro atoms. The van der Waals surface area contributed by atoms with E-state index < -0.39 is 10.1 Å². The molecule has 0 aliphatic carbocycles. The molecule has 4 heteroatoms. The van der Waals surface area contributed by atoms with E-state index in [-0.39, 0.29) is 4.90 Å². The highest BCUT2D eigenvalue weighted by Gasteiger charge is 2.14. The molecule has 1 aromatic carbocycles. The summed E-state index contributed by atoms with van der Waals surface area (Å²) in [5.74, 6) is 0.497. The van der Waals surface area contributed by atoms with E-state index in [9.17, 15) is 8.42 Å². The third-order valence-electron chi connectivity index (χ3n) is 4.21. The van der Waals surface area contributed by atoms with E-state index in [0.717, 1.165) is 12.8 Å². The molecule has 0 aliphatic rings. The molecule has 0 aliphatic heterocycles. The Bertz CT molecular complexity index is 506. The standard InChI is InChI=1S/C18H30O3S/c1-3-5-7-8-9-11-16(10-6-4-2)17-12-14-18(15-13-17)22(19,20)21/h12-16H,3-11H2,1-2H3,(H,19,20,21). The van der Waals surface area contributed by atoms with Gasteiger partial charge in [0.25, 0.3) is 10.1 Å². The van der Waals surface area contributed by atoms with Crippen LogP contribution in [-0.2, 0) is 10.1 Å². The first-order valence-electron chi connectivity index (χ1n) is 8.56. The quantitative estimate of drug-likeness (QED) is 0.427. The van der Waals surface area contributed by atoms with Crippen LogP contribution in [0, 0.1) is 0 Å². The second-order valence-corrected chi connectivity index (χ2v) is 7.51. The van der Waals surface area contributed by atoms with Gasteiger partial charge in [0, 0.05) is 0 Å². The smallest absolute Gasteiger partial charge is 0.282 e. The summed E-state index contributed by atoms with van der Waals surface area (Å²) in [7, 11) is -4.09. The van der Waals surface area contributed by atoms with Crippen molar-refractivity contribution in [3.05, 3.63) is 29.8 Å². The zero-order valence-electron chi connectivity index (χ0n) is 13.9. The summed E-state index contributed by atoms with van der Waals surface area (Å²) in [6, 6.07) is 6.74. The minimum Gasteiger partial charge on any atom is -0.282 e. The fourth-order valence-corrected chi connectivity index (χ4v) is 3.31. The van der Waals surface area contributed by atoms with E-state index in [2.05, 4.69) is 13.8 Å². The molecule has 3 nitrogen and oxygen atoms in total. The maximum absolute atomic E-state index is 11.1. The summed E-state index contributed by atoms with van der Waals surface area (Å²) in [5.41, 5.74) is 1.19. The average Bonchev–Trinajstić information content (AvgIpc) is 2.49. The fraction of sp³-hybridized carbons (Fsp3) is 0.667. The van der Waals surface area contributed by atoms with Crippen LogP contribution in [0.25, 0.3) is 0 Å². The molecule has 0 heterocycles. The third kappa shape index (κ3) is 6.93. The summed E-state index contributed by atoms with van der Waals surface area (Å²) in [6.45, 7) is 4.42. The molecule has 0 saturated heterocycles. The van der Waals surface area contributed by atoms with Crippen LogP contribution in [0.2, 0.25) is 0 Å². The monoisotopic (exact) mass is 326 g/mol. The van der Waals surface area contributed by atoms with Crippen molar-refractivity contribution >= 4 is 10.1 Å². The van der Waals surface area contributed by atoms with E-state index in [0.29, 0.717) is 5.92 Å². The lowest BCUT2D eigenvalue weighted by Gasteiger charge is -2.17. The Labute approximate surface area is 135 Å². The van der Waals surface area contributed by atoms with Crippen molar-refractivity contribution in [1.82, 2.24) is 0 Å². The van der Waals surface area contributed by atoms with Crippen LogP contribution in [0.1, 0.15) is 83.1 Å². The molecule has 0 fully saturated rings. The van der Waals surface area contributed by atoms with Crippen LogP contribution in [0.5, 0.6) is 0 Å². The summed E-state index contributed by atoms with van der Waals surface area (Å²) in [5, 5.41) is 0. The van der Waals surface area contributed by atoms with E-state index in [4.69, 9.17) is 4.55 Å². The Morgan fingerprint density at radius 3 is 1.95 bits per heavy atom. The van der Waals surface area contributed by atoms with Crippen LogP contribution in [0.15, 0.2) is 29.2 Å². The molecule has 1 N–H and O–H groups in total. The lowest BCUT2D eigenvalue weighted by molar-refractivity contribution is 0.482. The van der Waals surface area contributed by atoms with Gasteiger partial charge in [-0.2, -0.15) is 8.42 Å². The lowest BCUT2D eigenvalue weighted by atomic mass is 9.88. The Hall–Kier alpha value is -0.870. The van der Waals surface area contributed by atoms with Gasteiger partial charge in [-0.1, -0.05) is 70.9 Å². The molecule has 0 aromatic heterocycles. The number of rotatable bonds is 11. The SMILES string of the molecule is CCCCCCCC(CCCC)c1ccc(S(=O)(=O)O)cc1. The van der Waals surface area contributed by atoms with E-state index >= 15 is 0 Å². The van der Waals surface area contributed by atoms with Gasteiger partial charge in [0.05, 0.1) is 4.90 Å². The van der Waals surface area contributed by atoms with Crippen molar-refractivity contribution in [2.75, 3.05) is 0 Å². The molecular weight excluding hydrogens is 296 g/mol. The first-order valence-corrected chi connectivity index (χ1v) is 10.0. The van der Waals surface area contributed by atoms with E-state index in [1.165, 1.54) is 62.6 Å². The van der Waals surface area contributed by atoms with Gasteiger partial charge in [0.15, 0.2) is 0 Å². The van der Waals surface area contributed by atoms with E-state index in [1.807, 2.05) is 12.1 Å². The van der Waals surface area contributed by atoms with Gasteiger partial charge < -0.3 is 0 Å². The molecule has 1 unspecified atom stereocenters. The van der Waals surface area contributed by atoms with Crippen LogP contribution >= 0.6 is 0 Å². The second kappa shape index (κ2) is 10.0. The molecule has 0 bridgehead atoms. The number of benzene rings is 1. The Kier molecular flexibility index (Phi) is 8.72. The zero-order chi connectivity index (χ0) is 16.4. The highest BCUT2D eigenvalue weighted by molar-refractivity contribution is 7.85. The predicted molar refractivity (Wildman–Crippen MR) is 91.9 cm³/mol. The largest absolute Gasteiger partial charge is 0.294 e. The maximum Gasteiger partial charge on any atom is 0.294 e. The molecule has 126 valence electrons. The minimum atomic E-state index is -4.09. The second-order valence-electron chi connectivity index (χ2n) is 6.09. The van der Waals surface area contributed by atoms with Gasteiger partial charge in [-0.25, -0.2) is 0 Å². The van der Waals surface area contributed by atoms with Gasteiger partial charge in [-0.3, -0.25) is 4.55 Å². The highest BCUT2D eigenvalue weighted by Crippen LogP contribution is 2.29. The van der Waals surface area contributed by atoms with E-state index in [1.54, 1.807) is 0 Å². The van der Waals surface area contributed by atoms with Crippen molar-refractivity contribution < 1.29 is 13.0 Å². The molecule has 1 rings (SSSR count). The molecule has 22 heavy (non-hydrogen) atoms. The molecule has 0 saturated carbocycles. The topological polar surface area (TPSA) is 54.4 Å². The number of hydrogen-bond donors (Lipinski definition) is 1. The van der Waals surface area contributed by atoms with Gasteiger partial charge >= 0.3 is 0 Å². The van der Waals surface area contributed by atoms with Crippen molar-refractivity contribution in [2.24, 2.45) is 0 Å². The van der Waals surface area contributed by atoms with Crippen molar-refractivity contribution in [3.63, 3.8) is 0 Å².